The van der Waals surface area contributed by atoms with E-state index in [1.54, 1.807) is 0 Å². The molecule has 2 N–H and O–H groups in total. The van der Waals surface area contributed by atoms with E-state index in [4.69, 9.17) is 4.74 Å². The number of unbranched alkanes of at least 4 members (excludes halogenated alkanes) is 24. The van der Waals surface area contributed by atoms with E-state index in [2.05, 4.69) is 38.2 Å². The number of carbonyl (C=O) groups excluding carboxylic acids is 1. The lowest BCUT2D eigenvalue weighted by molar-refractivity contribution is -0.178. The van der Waals surface area contributed by atoms with E-state index in [1.165, 1.54) is 161 Å². The summed E-state index contributed by atoms with van der Waals surface area (Å²) in [5.41, 5.74) is -0.956. The Kier molecular flexibility index (Phi) is 33.4. The highest BCUT2D eigenvalue weighted by molar-refractivity contribution is 5.66. The maximum Gasteiger partial charge on any atom is 0.303 e. The molecule has 0 heterocycles. The lowest BCUT2D eigenvalue weighted by atomic mass is 9.84. The molecule has 266 valence electrons. The molecule has 0 amide bonds. The van der Waals surface area contributed by atoms with Crippen LogP contribution in [0.3, 0.4) is 0 Å². The smallest absolute Gasteiger partial charge is 0.303 e. The summed E-state index contributed by atoms with van der Waals surface area (Å²) < 4.78 is 5.78. The SMILES string of the molecule is CCCCCCCC/C=C\CCCCCCCCC(CCCCCCCC/C=C\CCCCCCCC)(OC(C)=O)C(O)CO. The zero-order valence-corrected chi connectivity index (χ0v) is 30.5. The van der Waals surface area contributed by atoms with E-state index < -0.39 is 11.7 Å². The molecular weight excluding hydrogens is 556 g/mol. The summed E-state index contributed by atoms with van der Waals surface area (Å²) in [4.78, 5) is 12.0. The molecule has 0 aromatic carbocycles. The van der Waals surface area contributed by atoms with Gasteiger partial charge in [-0.05, 0) is 77.0 Å². The first kappa shape index (κ1) is 43.9. The zero-order chi connectivity index (χ0) is 33.1. The van der Waals surface area contributed by atoms with Crippen LogP contribution in [0.2, 0.25) is 0 Å². The van der Waals surface area contributed by atoms with Gasteiger partial charge < -0.3 is 14.9 Å². The second-order valence-corrected chi connectivity index (χ2v) is 13.7. The molecule has 4 nitrogen and oxygen atoms in total. The van der Waals surface area contributed by atoms with Crippen molar-refractivity contribution in [2.75, 3.05) is 6.61 Å². The number of hydrogen-bond acceptors (Lipinski definition) is 4. The number of hydrogen-bond donors (Lipinski definition) is 2. The van der Waals surface area contributed by atoms with Gasteiger partial charge in [0.25, 0.3) is 0 Å². The highest BCUT2D eigenvalue weighted by atomic mass is 16.6. The molecule has 0 aromatic heterocycles. The van der Waals surface area contributed by atoms with E-state index in [9.17, 15) is 15.0 Å². The van der Waals surface area contributed by atoms with Crippen LogP contribution in [0.1, 0.15) is 213 Å². The van der Waals surface area contributed by atoms with Gasteiger partial charge in [0.15, 0.2) is 0 Å². The van der Waals surface area contributed by atoms with Crippen molar-refractivity contribution in [3.05, 3.63) is 24.3 Å². The summed E-state index contributed by atoms with van der Waals surface area (Å²) in [6, 6.07) is 0. The van der Waals surface area contributed by atoms with Crippen LogP contribution in [0, 0.1) is 0 Å². The van der Waals surface area contributed by atoms with Gasteiger partial charge in [0.05, 0.1) is 6.61 Å². The maximum absolute atomic E-state index is 12.0. The minimum Gasteiger partial charge on any atom is -0.456 e. The van der Waals surface area contributed by atoms with Gasteiger partial charge in [-0.15, -0.1) is 0 Å². The Morgan fingerprint density at radius 2 is 0.822 bits per heavy atom. The molecule has 1 unspecified atom stereocenters. The van der Waals surface area contributed by atoms with Gasteiger partial charge in [-0.25, -0.2) is 0 Å². The Hall–Kier alpha value is -1.13. The van der Waals surface area contributed by atoms with E-state index in [1.807, 2.05) is 0 Å². The van der Waals surface area contributed by atoms with Gasteiger partial charge in [0.1, 0.15) is 11.7 Å². The first-order chi connectivity index (χ1) is 22.0. The minimum atomic E-state index is -1.02. The molecule has 0 aliphatic heterocycles. The van der Waals surface area contributed by atoms with E-state index in [0.29, 0.717) is 12.8 Å². The molecule has 0 aliphatic carbocycles. The van der Waals surface area contributed by atoms with Crippen LogP contribution in [0.5, 0.6) is 0 Å². The molecule has 0 saturated heterocycles. The van der Waals surface area contributed by atoms with Crippen LogP contribution in [-0.2, 0) is 9.53 Å². The largest absolute Gasteiger partial charge is 0.456 e. The summed E-state index contributed by atoms with van der Waals surface area (Å²) in [7, 11) is 0. The quantitative estimate of drug-likeness (QED) is 0.0413. The van der Waals surface area contributed by atoms with Crippen molar-refractivity contribution in [1.82, 2.24) is 0 Å². The molecular formula is C41H78O4. The number of carbonyl (C=O) groups is 1. The monoisotopic (exact) mass is 635 g/mol. The van der Waals surface area contributed by atoms with Crippen LogP contribution >= 0.6 is 0 Å². The summed E-state index contributed by atoms with van der Waals surface area (Å²) >= 11 is 0. The van der Waals surface area contributed by atoms with Crippen molar-refractivity contribution in [2.24, 2.45) is 0 Å². The Bertz CT molecular complexity index is 628. The first-order valence-electron chi connectivity index (χ1n) is 19.8. The number of esters is 1. The fourth-order valence-corrected chi connectivity index (χ4v) is 6.42. The molecule has 0 saturated carbocycles. The normalized spacial score (nSPS) is 12.9. The van der Waals surface area contributed by atoms with E-state index in [-0.39, 0.29) is 12.6 Å². The summed E-state index contributed by atoms with van der Waals surface area (Å²) in [5.74, 6) is -0.364. The third kappa shape index (κ3) is 28.8. The molecule has 0 fully saturated rings. The second-order valence-electron chi connectivity index (χ2n) is 13.7. The minimum absolute atomic E-state index is 0.364. The van der Waals surface area contributed by atoms with Gasteiger partial charge in [-0.1, -0.05) is 154 Å². The lowest BCUT2D eigenvalue weighted by Crippen LogP contribution is -2.48. The predicted molar refractivity (Wildman–Crippen MR) is 196 cm³/mol. The van der Waals surface area contributed by atoms with Crippen LogP contribution < -0.4 is 0 Å². The van der Waals surface area contributed by atoms with Crippen LogP contribution in [0.15, 0.2) is 24.3 Å². The number of ether oxygens (including phenoxy) is 1. The van der Waals surface area contributed by atoms with Gasteiger partial charge in [-0.3, -0.25) is 4.79 Å². The van der Waals surface area contributed by atoms with Gasteiger partial charge in [0, 0.05) is 6.92 Å². The lowest BCUT2D eigenvalue weighted by Gasteiger charge is -2.37. The first-order valence-corrected chi connectivity index (χ1v) is 19.8. The van der Waals surface area contributed by atoms with Crippen molar-refractivity contribution >= 4 is 5.97 Å². The highest BCUT2D eigenvalue weighted by Crippen LogP contribution is 2.31. The standard InChI is InChI=1S/C41H78O4/c1-4-6-8-10-12-14-16-18-20-22-24-26-28-30-32-34-36-41(40(44)38-42,45-39(3)43)37-35-33-31-29-27-25-23-21-19-17-15-13-11-9-7-5-2/h18-21,40,42,44H,4-17,22-38H2,1-3H3/b20-18-,21-19-. The van der Waals surface area contributed by atoms with Crippen molar-refractivity contribution in [3.63, 3.8) is 0 Å². The summed E-state index contributed by atoms with van der Waals surface area (Å²) in [5, 5.41) is 20.5. The van der Waals surface area contributed by atoms with E-state index in [0.717, 1.165) is 25.7 Å². The summed E-state index contributed by atoms with van der Waals surface area (Å²) in [6.07, 6.45) is 44.7. The van der Waals surface area contributed by atoms with Gasteiger partial charge in [-0.2, -0.15) is 0 Å². The fourth-order valence-electron chi connectivity index (χ4n) is 6.42. The molecule has 0 spiro atoms. The Morgan fingerprint density at radius 1 is 0.533 bits per heavy atom. The van der Waals surface area contributed by atoms with E-state index >= 15 is 0 Å². The number of aliphatic hydroxyl groups is 2. The number of rotatable bonds is 35. The van der Waals surface area contributed by atoms with Crippen LogP contribution in [0.25, 0.3) is 0 Å². The number of aliphatic hydroxyl groups excluding tert-OH is 2. The average Bonchev–Trinajstić information content (AvgIpc) is 3.03. The van der Waals surface area contributed by atoms with Crippen LogP contribution in [-0.4, -0.2) is 34.5 Å². The highest BCUT2D eigenvalue weighted by Gasteiger charge is 2.39. The third-order valence-corrected chi connectivity index (χ3v) is 9.35. The molecule has 0 rings (SSSR count). The van der Waals surface area contributed by atoms with Crippen molar-refractivity contribution < 1.29 is 19.7 Å². The van der Waals surface area contributed by atoms with Gasteiger partial charge >= 0.3 is 5.97 Å². The topological polar surface area (TPSA) is 66.8 Å². The fraction of sp³-hybridized carbons (Fsp3) is 0.878. The molecule has 0 aliphatic rings. The van der Waals surface area contributed by atoms with Crippen molar-refractivity contribution in [1.29, 1.82) is 0 Å². The molecule has 0 radical (unpaired) electrons. The molecule has 4 heteroatoms. The summed E-state index contributed by atoms with van der Waals surface area (Å²) in [6.45, 7) is 5.59. The maximum atomic E-state index is 12.0. The zero-order valence-electron chi connectivity index (χ0n) is 30.5. The predicted octanol–water partition coefficient (Wildman–Crippen LogP) is 12.5. The van der Waals surface area contributed by atoms with Gasteiger partial charge in [0.2, 0.25) is 0 Å². The molecule has 1 atom stereocenters. The molecule has 0 aromatic rings. The molecule has 45 heavy (non-hydrogen) atoms. The van der Waals surface area contributed by atoms with Crippen molar-refractivity contribution in [2.45, 2.75) is 225 Å². The van der Waals surface area contributed by atoms with Crippen LogP contribution in [0.4, 0.5) is 0 Å². The Labute approximate surface area is 281 Å². The second kappa shape index (κ2) is 34.2. The third-order valence-electron chi connectivity index (χ3n) is 9.35. The van der Waals surface area contributed by atoms with Crippen molar-refractivity contribution in [3.8, 4) is 0 Å². The average molecular weight is 635 g/mol. The Balaban J connectivity index is 4.08. The Morgan fingerprint density at radius 3 is 1.11 bits per heavy atom. The molecule has 0 bridgehead atoms. The number of allylic oxidation sites excluding steroid dienone is 4.